The van der Waals surface area contributed by atoms with Crippen LogP contribution >= 0.6 is 11.6 Å². The fourth-order valence-electron chi connectivity index (χ4n) is 2.11. The van der Waals surface area contributed by atoms with Gasteiger partial charge in [-0.2, -0.15) is 0 Å². The number of anilines is 1. The maximum atomic E-state index is 11.9. The average Bonchev–Trinajstić information content (AvgIpc) is 2.55. The predicted molar refractivity (Wildman–Crippen MR) is 91.2 cm³/mol. The third kappa shape index (κ3) is 4.61. The summed E-state index contributed by atoms with van der Waals surface area (Å²) in [5.74, 6) is 0.725. The maximum Gasteiger partial charge on any atom is 0.319 e. The summed E-state index contributed by atoms with van der Waals surface area (Å²) in [5.41, 5.74) is 2.14. The molecule has 0 spiro atoms. The number of hydrogen-bond donors (Lipinski definition) is 3. The zero-order valence-corrected chi connectivity index (χ0v) is 13.7. The highest BCUT2D eigenvalue weighted by Gasteiger charge is 2.13. The number of rotatable bonds is 5. The quantitative estimate of drug-likeness (QED) is 0.783. The molecule has 3 N–H and O–H groups in total. The summed E-state index contributed by atoms with van der Waals surface area (Å²) in [4.78, 5) is 11.9. The van der Waals surface area contributed by atoms with Crippen LogP contribution in [0.1, 0.15) is 17.2 Å². The van der Waals surface area contributed by atoms with Crippen molar-refractivity contribution >= 4 is 23.3 Å². The van der Waals surface area contributed by atoms with E-state index < -0.39 is 12.1 Å². The Labute approximate surface area is 140 Å². The van der Waals surface area contributed by atoms with E-state index in [1.807, 2.05) is 13.0 Å². The van der Waals surface area contributed by atoms with E-state index in [1.165, 1.54) is 0 Å². The van der Waals surface area contributed by atoms with Crippen molar-refractivity contribution in [3.8, 4) is 5.75 Å². The van der Waals surface area contributed by atoms with Gasteiger partial charge in [0.2, 0.25) is 0 Å². The number of ether oxygens (including phenoxy) is 1. The molecule has 0 saturated heterocycles. The lowest BCUT2D eigenvalue weighted by Crippen LogP contribution is -2.32. The number of benzene rings is 2. The van der Waals surface area contributed by atoms with Crippen LogP contribution in [0, 0.1) is 6.92 Å². The van der Waals surface area contributed by atoms with Crippen LogP contribution in [0.4, 0.5) is 10.5 Å². The van der Waals surface area contributed by atoms with Gasteiger partial charge in [-0.15, -0.1) is 0 Å². The molecule has 23 heavy (non-hydrogen) atoms. The SMILES string of the molecule is COc1ccc(NC(=O)NCC(O)c2ccccc2Cl)c(C)c1. The van der Waals surface area contributed by atoms with Gasteiger partial charge in [-0.1, -0.05) is 29.8 Å². The minimum Gasteiger partial charge on any atom is -0.497 e. The molecule has 0 bridgehead atoms. The highest BCUT2D eigenvalue weighted by atomic mass is 35.5. The van der Waals surface area contributed by atoms with Gasteiger partial charge in [0, 0.05) is 22.8 Å². The number of halogens is 1. The third-order valence-electron chi connectivity index (χ3n) is 3.40. The molecule has 0 radical (unpaired) electrons. The first-order valence-electron chi connectivity index (χ1n) is 7.13. The van der Waals surface area contributed by atoms with Crippen molar-refractivity contribution in [2.45, 2.75) is 13.0 Å². The van der Waals surface area contributed by atoms with E-state index in [4.69, 9.17) is 16.3 Å². The molecule has 0 aliphatic heterocycles. The minimum absolute atomic E-state index is 0.0603. The Balaban J connectivity index is 1.91. The van der Waals surface area contributed by atoms with E-state index in [2.05, 4.69) is 10.6 Å². The summed E-state index contributed by atoms with van der Waals surface area (Å²) in [5, 5.41) is 15.9. The number of aliphatic hydroxyl groups excluding tert-OH is 1. The Morgan fingerprint density at radius 2 is 2.04 bits per heavy atom. The lowest BCUT2D eigenvalue weighted by atomic mass is 10.1. The van der Waals surface area contributed by atoms with Crippen LogP contribution in [-0.4, -0.2) is 24.8 Å². The molecule has 0 heterocycles. The Morgan fingerprint density at radius 3 is 2.70 bits per heavy atom. The van der Waals surface area contributed by atoms with Crippen molar-refractivity contribution in [1.29, 1.82) is 0 Å². The minimum atomic E-state index is -0.869. The molecule has 122 valence electrons. The van der Waals surface area contributed by atoms with Gasteiger partial charge in [-0.25, -0.2) is 4.79 Å². The van der Waals surface area contributed by atoms with E-state index in [-0.39, 0.29) is 6.54 Å². The van der Waals surface area contributed by atoms with E-state index in [0.29, 0.717) is 16.3 Å². The van der Waals surface area contributed by atoms with Crippen LogP contribution in [0.2, 0.25) is 5.02 Å². The summed E-state index contributed by atoms with van der Waals surface area (Å²) in [6, 6.07) is 11.9. The maximum absolute atomic E-state index is 11.9. The molecule has 0 aliphatic carbocycles. The van der Waals surface area contributed by atoms with Crippen LogP contribution < -0.4 is 15.4 Å². The van der Waals surface area contributed by atoms with Crippen LogP contribution in [0.25, 0.3) is 0 Å². The second-order valence-electron chi connectivity index (χ2n) is 5.05. The zero-order valence-electron chi connectivity index (χ0n) is 13.0. The Morgan fingerprint density at radius 1 is 1.30 bits per heavy atom. The predicted octanol–water partition coefficient (Wildman–Crippen LogP) is 3.51. The van der Waals surface area contributed by atoms with Crippen LogP contribution in [0.3, 0.4) is 0 Å². The first-order chi connectivity index (χ1) is 11.0. The van der Waals surface area contributed by atoms with Crippen LogP contribution in [0.5, 0.6) is 5.75 Å². The molecule has 1 atom stereocenters. The van der Waals surface area contributed by atoms with Gasteiger partial charge in [0.15, 0.2) is 0 Å². The summed E-state index contributed by atoms with van der Waals surface area (Å²) >= 11 is 6.01. The number of nitrogens with one attached hydrogen (secondary N) is 2. The van der Waals surface area contributed by atoms with Gasteiger partial charge < -0.3 is 20.5 Å². The molecule has 6 heteroatoms. The molecule has 1 unspecified atom stereocenters. The van der Waals surface area contributed by atoms with E-state index >= 15 is 0 Å². The first-order valence-corrected chi connectivity index (χ1v) is 7.51. The summed E-state index contributed by atoms with van der Waals surface area (Å²) in [7, 11) is 1.59. The van der Waals surface area contributed by atoms with Crippen molar-refractivity contribution in [1.82, 2.24) is 5.32 Å². The third-order valence-corrected chi connectivity index (χ3v) is 3.75. The molecule has 2 aromatic carbocycles. The molecule has 0 aliphatic rings. The van der Waals surface area contributed by atoms with Crippen molar-refractivity contribution in [2.75, 3.05) is 19.0 Å². The van der Waals surface area contributed by atoms with Gasteiger partial charge in [-0.3, -0.25) is 0 Å². The van der Waals surface area contributed by atoms with E-state index in [0.717, 1.165) is 11.3 Å². The van der Waals surface area contributed by atoms with Gasteiger partial charge in [0.1, 0.15) is 5.75 Å². The number of aliphatic hydroxyl groups is 1. The van der Waals surface area contributed by atoms with Crippen molar-refractivity contribution in [3.63, 3.8) is 0 Å². The second kappa shape index (κ2) is 7.85. The number of carbonyl (C=O) groups is 1. The molecule has 5 nitrogen and oxygen atoms in total. The topological polar surface area (TPSA) is 70.6 Å². The molecule has 2 aromatic rings. The molecule has 2 rings (SSSR count). The van der Waals surface area contributed by atoms with Crippen molar-refractivity contribution < 1.29 is 14.6 Å². The number of urea groups is 1. The Kier molecular flexibility index (Phi) is 5.84. The Bertz CT molecular complexity index is 691. The first kappa shape index (κ1) is 17.1. The fraction of sp³-hybridized carbons (Fsp3) is 0.235. The highest BCUT2D eigenvalue weighted by molar-refractivity contribution is 6.31. The van der Waals surface area contributed by atoms with E-state index in [1.54, 1.807) is 43.5 Å². The number of methoxy groups -OCH3 is 1. The van der Waals surface area contributed by atoms with Gasteiger partial charge in [0.25, 0.3) is 0 Å². The molecule has 0 fully saturated rings. The van der Waals surface area contributed by atoms with Gasteiger partial charge in [-0.05, 0) is 36.8 Å². The highest BCUT2D eigenvalue weighted by Crippen LogP contribution is 2.22. The normalized spacial score (nSPS) is 11.7. The number of hydrogen-bond acceptors (Lipinski definition) is 3. The van der Waals surface area contributed by atoms with Gasteiger partial charge in [0.05, 0.1) is 13.2 Å². The number of aryl methyl sites for hydroxylation is 1. The molecular weight excluding hydrogens is 316 g/mol. The van der Waals surface area contributed by atoms with Crippen molar-refractivity contribution in [2.24, 2.45) is 0 Å². The summed E-state index contributed by atoms with van der Waals surface area (Å²) in [6.45, 7) is 1.93. The molecular formula is C17H19ClN2O3. The number of carbonyl (C=O) groups excluding carboxylic acids is 1. The standard InChI is InChI=1S/C17H19ClN2O3/c1-11-9-12(23-2)7-8-15(11)20-17(22)19-10-16(21)13-5-3-4-6-14(13)18/h3-9,16,21H,10H2,1-2H3,(H2,19,20,22). The fourth-order valence-corrected chi connectivity index (χ4v) is 2.38. The lowest BCUT2D eigenvalue weighted by molar-refractivity contribution is 0.175. The molecule has 0 aromatic heterocycles. The van der Waals surface area contributed by atoms with Crippen LogP contribution in [0.15, 0.2) is 42.5 Å². The monoisotopic (exact) mass is 334 g/mol. The smallest absolute Gasteiger partial charge is 0.319 e. The average molecular weight is 335 g/mol. The van der Waals surface area contributed by atoms with Crippen molar-refractivity contribution in [3.05, 3.63) is 58.6 Å². The lowest BCUT2D eigenvalue weighted by Gasteiger charge is -2.15. The summed E-state index contributed by atoms with van der Waals surface area (Å²) < 4.78 is 5.12. The second-order valence-corrected chi connectivity index (χ2v) is 5.46. The van der Waals surface area contributed by atoms with E-state index in [9.17, 15) is 9.90 Å². The molecule has 2 amide bonds. The summed E-state index contributed by atoms with van der Waals surface area (Å²) in [6.07, 6.45) is -0.869. The molecule has 0 saturated carbocycles. The number of amides is 2. The largest absolute Gasteiger partial charge is 0.497 e. The van der Waals surface area contributed by atoms with Crippen LogP contribution in [-0.2, 0) is 0 Å². The zero-order chi connectivity index (χ0) is 16.8. The Hall–Kier alpha value is -2.24. The van der Waals surface area contributed by atoms with Gasteiger partial charge >= 0.3 is 6.03 Å².